The second-order valence-electron chi connectivity index (χ2n) is 8.19. The second kappa shape index (κ2) is 11.5. The van der Waals surface area contributed by atoms with Crippen molar-refractivity contribution in [2.75, 3.05) is 11.9 Å². The number of nitrogens with one attached hydrogen (secondary N) is 1. The molecule has 1 aliphatic heterocycles. The summed E-state index contributed by atoms with van der Waals surface area (Å²) < 4.78 is 6.00. The average molecular weight is 553 g/mol. The van der Waals surface area contributed by atoms with E-state index in [9.17, 15) is 14.4 Å². The third-order valence-corrected chi connectivity index (χ3v) is 7.39. The minimum atomic E-state index is -0.660. The molecule has 4 rings (SSSR count). The molecule has 1 aromatic heterocycles. The number of amides is 2. The molecule has 2 amide bonds. The van der Waals surface area contributed by atoms with E-state index >= 15 is 0 Å². The summed E-state index contributed by atoms with van der Waals surface area (Å²) >= 11 is 4.89. The number of likely N-dealkylation sites (tertiary alicyclic amines) is 1. The number of halogens is 1. The molecule has 0 saturated carbocycles. The first-order valence-corrected chi connectivity index (χ1v) is 13.2. The van der Waals surface area contributed by atoms with Crippen molar-refractivity contribution in [3.05, 3.63) is 105 Å². The molecule has 0 aliphatic carbocycles. The quantitative estimate of drug-likeness (QED) is 0.182. The van der Waals surface area contributed by atoms with E-state index in [-0.39, 0.29) is 30.5 Å². The average Bonchev–Trinajstić information content (AvgIpc) is 3.40. The molecule has 8 heteroatoms. The van der Waals surface area contributed by atoms with E-state index in [1.165, 1.54) is 16.2 Å². The Morgan fingerprint density at radius 2 is 1.69 bits per heavy atom. The first kappa shape index (κ1) is 24.9. The predicted octanol–water partition coefficient (Wildman–Crippen LogP) is 4.62. The number of β-lactam (4-membered cyclic amide) rings is 1. The Morgan fingerprint density at radius 1 is 1.06 bits per heavy atom. The summed E-state index contributed by atoms with van der Waals surface area (Å²) in [5.74, 6) is -1.13. The summed E-state index contributed by atoms with van der Waals surface area (Å²) in [7, 11) is 0. The molecule has 0 radical (unpaired) electrons. The molecule has 1 fully saturated rings. The molecule has 1 saturated heterocycles. The number of benzene rings is 2. The number of hydrogen-bond acceptors (Lipinski definition) is 5. The lowest BCUT2D eigenvalue weighted by atomic mass is 10.0. The molecule has 3 aromatic rings. The Bertz CT molecular complexity index is 1170. The fraction of sp³-hybridized carbons (Fsp3) is 0.222. The van der Waals surface area contributed by atoms with Crippen LogP contribution in [0.5, 0.6) is 0 Å². The van der Waals surface area contributed by atoms with Gasteiger partial charge in [-0.2, -0.15) is 0 Å². The smallest absolute Gasteiger partial charge is 0.355 e. The van der Waals surface area contributed by atoms with Crippen molar-refractivity contribution < 1.29 is 19.1 Å². The van der Waals surface area contributed by atoms with Crippen LogP contribution in [0.3, 0.4) is 0 Å². The highest BCUT2D eigenvalue weighted by Crippen LogP contribution is 2.30. The number of carbonyl (C=O) groups excluding carboxylic acids is 3. The largest absolute Gasteiger partial charge is 0.448 e. The van der Waals surface area contributed by atoms with Gasteiger partial charge < -0.3 is 15.0 Å². The summed E-state index contributed by atoms with van der Waals surface area (Å²) in [6.45, 7) is 1.99. The highest BCUT2D eigenvalue weighted by Gasteiger charge is 2.43. The van der Waals surface area contributed by atoms with E-state index in [2.05, 4.69) is 21.2 Å². The van der Waals surface area contributed by atoms with E-state index < -0.39 is 18.1 Å². The Morgan fingerprint density at radius 3 is 2.20 bits per heavy atom. The molecule has 1 aliphatic rings. The van der Waals surface area contributed by atoms with Crippen LogP contribution in [0, 0.1) is 0 Å². The summed E-state index contributed by atoms with van der Waals surface area (Å²) in [4.78, 5) is 41.0. The maximum atomic E-state index is 13.4. The van der Waals surface area contributed by atoms with Crippen molar-refractivity contribution in [3.8, 4) is 0 Å². The van der Waals surface area contributed by atoms with Gasteiger partial charge in [0.25, 0.3) is 5.91 Å². The van der Waals surface area contributed by atoms with E-state index in [0.717, 1.165) is 16.0 Å². The zero-order valence-corrected chi connectivity index (χ0v) is 21.6. The standard InChI is InChI=1S/C27H25BrN2O4S/c1-18(16-28)24(30-17-22(26(30)32)29-23(31)15-21-13-8-14-35-21)27(33)34-25(19-9-4-2-5-10-19)20-11-6-3-7-12-20/h2-14,22,25H,15-17H2,1H3,(H,29,31). The molecule has 180 valence electrons. The number of thiophene rings is 1. The molecular formula is C27H25BrN2O4S. The van der Waals surface area contributed by atoms with E-state index in [0.29, 0.717) is 10.9 Å². The van der Waals surface area contributed by atoms with Crippen LogP contribution in [0.2, 0.25) is 0 Å². The highest BCUT2D eigenvalue weighted by molar-refractivity contribution is 9.09. The van der Waals surface area contributed by atoms with Crippen LogP contribution < -0.4 is 5.32 Å². The van der Waals surface area contributed by atoms with Crippen LogP contribution >= 0.6 is 27.3 Å². The first-order valence-electron chi connectivity index (χ1n) is 11.2. The van der Waals surface area contributed by atoms with Crippen molar-refractivity contribution in [2.24, 2.45) is 0 Å². The maximum absolute atomic E-state index is 13.4. The van der Waals surface area contributed by atoms with Crippen LogP contribution in [0.25, 0.3) is 0 Å². The fourth-order valence-electron chi connectivity index (χ4n) is 3.88. The Kier molecular flexibility index (Phi) is 8.15. The van der Waals surface area contributed by atoms with Crippen LogP contribution in [-0.4, -0.2) is 40.6 Å². The van der Waals surface area contributed by atoms with Gasteiger partial charge in [-0.3, -0.25) is 9.59 Å². The Hall–Kier alpha value is -3.23. The van der Waals surface area contributed by atoms with Gasteiger partial charge in [0.15, 0.2) is 6.10 Å². The van der Waals surface area contributed by atoms with Crippen molar-refractivity contribution >= 4 is 45.1 Å². The van der Waals surface area contributed by atoms with Crippen molar-refractivity contribution in [1.82, 2.24) is 10.2 Å². The molecule has 0 bridgehead atoms. The minimum absolute atomic E-state index is 0.201. The molecule has 1 atom stereocenters. The number of nitrogens with zero attached hydrogens (tertiary/aromatic N) is 1. The lowest BCUT2D eigenvalue weighted by Crippen LogP contribution is -2.64. The number of alkyl halides is 1. The van der Waals surface area contributed by atoms with E-state index in [4.69, 9.17) is 4.74 Å². The number of hydrogen-bond donors (Lipinski definition) is 1. The van der Waals surface area contributed by atoms with Gasteiger partial charge in [-0.1, -0.05) is 82.7 Å². The van der Waals surface area contributed by atoms with Crippen molar-refractivity contribution in [2.45, 2.75) is 25.5 Å². The zero-order valence-electron chi connectivity index (χ0n) is 19.1. The Balaban J connectivity index is 1.49. The molecule has 6 nitrogen and oxygen atoms in total. The van der Waals surface area contributed by atoms with Crippen LogP contribution in [-0.2, 0) is 25.5 Å². The molecule has 2 heterocycles. The van der Waals surface area contributed by atoms with Gasteiger partial charge in [-0.25, -0.2) is 4.79 Å². The number of ether oxygens (including phenoxy) is 1. The van der Waals surface area contributed by atoms with Crippen molar-refractivity contribution in [3.63, 3.8) is 0 Å². The van der Waals surface area contributed by atoms with E-state index in [1.54, 1.807) is 6.92 Å². The number of carbonyl (C=O) groups is 3. The maximum Gasteiger partial charge on any atom is 0.355 e. The third kappa shape index (κ3) is 5.89. The molecule has 35 heavy (non-hydrogen) atoms. The normalized spacial score (nSPS) is 15.9. The summed E-state index contributed by atoms with van der Waals surface area (Å²) in [6, 6.07) is 22.1. The van der Waals surface area contributed by atoms with Gasteiger partial charge in [0.2, 0.25) is 5.91 Å². The monoisotopic (exact) mass is 552 g/mol. The number of allylic oxidation sites excluding steroid dienone is 1. The topological polar surface area (TPSA) is 75.7 Å². The lowest BCUT2D eigenvalue weighted by Gasteiger charge is -2.40. The van der Waals surface area contributed by atoms with Gasteiger partial charge in [0.1, 0.15) is 11.7 Å². The summed E-state index contributed by atoms with van der Waals surface area (Å²) in [5.41, 5.74) is 2.53. The molecule has 2 aromatic carbocycles. The highest BCUT2D eigenvalue weighted by atomic mass is 79.9. The third-order valence-electron chi connectivity index (χ3n) is 5.68. The fourth-order valence-corrected chi connectivity index (χ4v) is 4.85. The molecule has 1 N–H and O–H groups in total. The van der Waals surface area contributed by atoms with Gasteiger partial charge in [-0.15, -0.1) is 11.3 Å². The summed E-state index contributed by atoms with van der Waals surface area (Å²) in [6.07, 6.45) is -0.400. The number of esters is 1. The van der Waals surface area contributed by atoms with Crippen molar-refractivity contribution in [1.29, 1.82) is 0 Å². The molecule has 1 unspecified atom stereocenters. The van der Waals surface area contributed by atoms with Gasteiger partial charge in [-0.05, 0) is 35.1 Å². The summed E-state index contributed by atoms with van der Waals surface area (Å²) in [5, 5.41) is 5.07. The van der Waals surface area contributed by atoms with Gasteiger partial charge in [0, 0.05) is 10.2 Å². The van der Waals surface area contributed by atoms with Crippen LogP contribution in [0.1, 0.15) is 29.0 Å². The van der Waals surface area contributed by atoms with Gasteiger partial charge >= 0.3 is 5.97 Å². The van der Waals surface area contributed by atoms with Gasteiger partial charge in [0.05, 0.1) is 13.0 Å². The van der Waals surface area contributed by atoms with Crippen LogP contribution in [0.15, 0.2) is 89.4 Å². The predicted molar refractivity (Wildman–Crippen MR) is 139 cm³/mol. The lowest BCUT2D eigenvalue weighted by molar-refractivity contribution is -0.153. The second-order valence-corrected chi connectivity index (χ2v) is 9.79. The van der Waals surface area contributed by atoms with E-state index in [1.807, 2.05) is 78.2 Å². The SMILES string of the molecule is CC(CBr)=C(C(=O)OC(c1ccccc1)c1ccccc1)N1CC(NC(=O)Cc2cccs2)C1=O. The molecule has 0 spiro atoms. The first-order chi connectivity index (χ1) is 17.0. The number of rotatable bonds is 9. The molecular weight excluding hydrogens is 528 g/mol. The Labute approximate surface area is 216 Å². The van der Waals surface area contributed by atoms with Crippen LogP contribution in [0.4, 0.5) is 0 Å². The zero-order chi connectivity index (χ0) is 24.8. The minimum Gasteiger partial charge on any atom is -0.448 e.